The van der Waals surface area contributed by atoms with Crippen LogP contribution in [0.25, 0.3) is 0 Å². The molecule has 0 heterocycles. The number of hydrogen-bond donors (Lipinski definition) is 4. The molecule has 0 bridgehead atoms. The Labute approximate surface area is 111 Å². The smallest absolute Gasteiger partial charge is 0.325 e. The van der Waals surface area contributed by atoms with Crippen molar-refractivity contribution >= 4 is 5.97 Å². The topological polar surface area (TPSA) is 99.0 Å². The van der Waals surface area contributed by atoms with Gasteiger partial charge < -0.3 is 25.4 Å². The second-order valence-corrected chi connectivity index (χ2v) is 3.93. The lowest BCUT2D eigenvalue weighted by Crippen LogP contribution is -2.29. The van der Waals surface area contributed by atoms with Crippen LogP contribution in [0.4, 0.5) is 0 Å². The van der Waals surface area contributed by atoms with Crippen LogP contribution in [0, 0.1) is 0 Å². The second kappa shape index (κ2) is 7.60. The van der Waals surface area contributed by atoms with Gasteiger partial charge in [0.25, 0.3) is 0 Å². The van der Waals surface area contributed by atoms with Crippen molar-refractivity contribution in [1.82, 2.24) is 5.32 Å². The minimum atomic E-state index is -1.10. The van der Waals surface area contributed by atoms with Crippen LogP contribution in [0.3, 0.4) is 0 Å². The summed E-state index contributed by atoms with van der Waals surface area (Å²) in [5, 5.41) is 30.7. The van der Waals surface area contributed by atoms with Gasteiger partial charge in [0.2, 0.25) is 0 Å². The fraction of sp³-hybridized carbons (Fsp3) is 0.462. The number of aliphatic carboxylic acids is 1. The van der Waals surface area contributed by atoms with E-state index in [1.807, 2.05) is 0 Å². The lowest BCUT2D eigenvalue weighted by atomic mass is 10.0. The molecule has 1 aromatic rings. The van der Waals surface area contributed by atoms with E-state index in [0.29, 0.717) is 19.6 Å². The molecule has 1 unspecified atom stereocenters. The number of phenols is 1. The molecule has 0 saturated heterocycles. The molecule has 0 aliphatic rings. The number of para-hydroxylation sites is 1. The van der Waals surface area contributed by atoms with Gasteiger partial charge in [-0.25, -0.2) is 0 Å². The van der Waals surface area contributed by atoms with Crippen LogP contribution < -0.4 is 10.1 Å². The standard InChI is InChI=1S/C13H19NO5/c1-2-19-10-6-3-5-9(12(10)16)11(13(17)18)14-7-4-8-15/h3,5-6,11,14-16H,2,4,7-8H2,1H3,(H,17,18). The van der Waals surface area contributed by atoms with Gasteiger partial charge in [0, 0.05) is 12.2 Å². The minimum Gasteiger partial charge on any atom is -0.504 e. The predicted octanol–water partition coefficient (Wildman–Crippen LogP) is 0.889. The molecule has 1 aromatic carbocycles. The van der Waals surface area contributed by atoms with Crippen molar-refractivity contribution in [2.75, 3.05) is 19.8 Å². The molecule has 1 atom stereocenters. The van der Waals surface area contributed by atoms with Crippen LogP contribution in [0.1, 0.15) is 24.9 Å². The molecular weight excluding hydrogens is 250 g/mol. The van der Waals surface area contributed by atoms with Crippen molar-refractivity contribution in [3.8, 4) is 11.5 Å². The first-order chi connectivity index (χ1) is 9.11. The molecule has 19 heavy (non-hydrogen) atoms. The third-order valence-electron chi connectivity index (χ3n) is 2.57. The quantitative estimate of drug-likeness (QED) is 0.523. The average Bonchev–Trinajstić information content (AvgIpc) is 2.38. The molecule has 0 aliphatic carbocycles. The molecule has 6 nitrogen and oxygen atoms in total. The van der Waals surface area contributed by atoms with Crippen molar-refractivity contribution in [1.29, 1.82) is 0 Å². The zero-order valence-corrected chi connectivity index (χ0v) is 10.8. The maximum atomic E-state index is 11.2. The predicted molar refractivity (Wildman–Crippen MR) is 69.4 cm³/mol. The Balaban J connectivity index is 2.95. The zero-order chi connectivity index (χ0) is 14.3. The van der Waals surface area contributed by atoms with Gasteiger partial charge >= 0.3 is 5.97 Å². The highest BCUT2D eigenvalue weighted by molar-refractivity contribution is 5.77. The molecule has 0 saturated carbocycles. The number of carbonyl (C=O) groups is 1. The van der Waals surface area contributed by atoms with Crippen LogP contribution in [-0.2, 0) is 4.79 Å². The number of benzene rings is 1. The van der Waals surface area contributed by atoms with E-state index in [-0.39, 0.29) is 23.7 Å². The van der Waals surface area contributed by atoms with E-state index in [9.17, 15) is 15.0 Å². The molecule has 0 fully saturated rings. The average molecular weight is 269 g/mol. The highest BCUT2D eigenvalue weighted by Crippen LogP contribution is 2.33. The molecule has 0 spiro atoms. The minimum absolute atomic E-state index is 0.0235. The van der Waals surface area contributed by atoms with Crippen LogP contribution in [0.2, 0.25) is 0 Å². The Kier molecular flexibility index (Phi) is 6.11. The van der Waals surface area contributed by atoms with Crippen molar-refractivity contribution in [2.45, 2.75) is 19.4 Å². The van der Waals surface area contributed by atoms with Gasteiger partial charge in [0.15, 0.2) is 11.5 Å². The fourth-order valence-electron chi connectivity index (χ4n) is 1.70. The molecule has 0 aromatic heterocycles. The molecule has 0 aliphatic heterocycles. The number of ether oxygens (including phenoxy) is 1. The Hall–Kier alpha value is -1.79. The van der Waals surface area contributed by atoms with Crippen molar-refractivity contribution in [2.24, 2.45) is 0 Å². The monoisotopic (exact) mass is 269 g/mol. The summed E-state index contributed by atoms with van der Waals surface area (Å²) in [4.78, 5) is 11.2. The first-order valence-electron chi connectivity index (χ1n) is 6.13. The lowest BCUT2D eigenvalue weighted by molar-refractivity contribution is -0.139. The number of hydrogen-bond acceptors (Lipinski definition) is 5. The van der Waals surface area contributed by atoms with Gasteiger partial charge in [-0.1, -0.05) is 12.1 Å². The van der Waals surface area contributed by atoms with Crippen LogP contribution >= 0.6 is 0 Å². The maximum Gasteiger partial charge on any atom is 0.325 e. The largest absolute Gasteiger partial charge is 0.504 e. The molecule has 0 amide bonds. The van der Waals surface area contributed by atoms with Crippen molar-refractivity contribution in [3.63, 3.8) is 0 Å². The normalized spacial score (nSPS) is 12.1. The van der Waals surface area contributed by atoms with E-state index in [0.717, 1.165) is 0 Å². The first kappa shape index (κ1) is 15.3. The van der Waals surface area contributed by atoms with Crippen LogP contribution in [0.15, 0.2) is 18.2 Å². The number of nitrogens with one attached hydrogen (secondary N) is 1. The molecule has 0 radical (unpaired) electrons. The van der Waals surface area contributed by atoms with Gasteiger partial charge in [-0.15, -0.1) is 0 Å². The summed E-state index contributed by atoms with van der Waals surface area (Å²) >= 11 is 0. The molecular formula is C13H19NO5. The third-order valence-corrected chi connectivity index (χ3v) is 2.57. The number of carboxylic acid groups (broad SMARTS) is 1. The summed E-state index contributed by atoms with van der Waals surface area (Å²) < 4.78 is 5.22. The number of aliphatic hydroxyl groups is 1. The van der Waals surface area contributed by atoms with E-state index < -0.39 is 12.0 Å². The van der Waals surface area contributed by atoms with E-state index in [2.05, 4.69) is 5.32 Å². The lowest BCUT2D eigenvalue weighted by Gasteiger charge is -2.17. The highest BCUT2D eigenvalue weighted by atomic mass is 16.5. The summed E-state index contributed by atoms with van der Waals surface area (Å²) in [7, 11) is 0. The molecule has 4 N–H and O–H groups in total. The zero-order valence-electron chi connectivity index (χ0n) is 10.8. The van der Waals surface area contributed by atoms with Gasteiger partial charge in [0.05, 0.1) is 6.61 Å². The SMILES string of the molecule is CCOc1cccc(C(NCCCO)C(=O)O)c1O. The molecule has 6 heteroatoms. The number of carboxylic acids is 1. The van der Waals surface area contributed by atoms with E-state index in [1.54, 1.807) is 19.1 Å². The van der Waals surface area contributed by atoms with Gasteiger partial charge in [0.1, 0.15) is 6.04 Å². The Morgan fingerprint density at radius 1 is 1.47 bits per heavy atom. The highest BCUT2D eigenvalue weighted by Gasteiger charge is 2.23. The first-order valence-corrected chi connectivity index (χ1v) is 6.13. The van der Waals surface area contributed by atoms with Gasteiger partial charge in [-0.05, 0) is 26.0 Å². The van der Waals surface area contributed by atoms with Gasteiger partial charge in [-0.3, -0.25) is 4.79 Å². The summed E-state index contributed by atoms with van der Waals surface area (Å²) in [6, 6.07) is 3.70. The van der Waals surface area contributed by atoms with Crippen molar-refractivity contribution < 1.29 is 24.9 Å². The second-order valence-electron chi connectivity index (χ2n) is 3.93. The van der Waals surface area contributed by atoms with E-state index >= 15 is 0 Å². The third kappa shape index (κ3) is 4.11. The number of aliphatic hydroxyl groups excluding tert-OH is 1. The van der Waals surface area contributed by atoms with E-state index in [1.165, 1.54) is 6.07 Å². The maximum absolute atomic E-state index is 11.2. The summed E-state index contributed by atoms with van der Waals surface area (Å²) in [5.74, 6) is -1.01. The van der Waals surface area contributed by atoms with Crippen molar-refractivity contribution in [3.05, 3.63) is 23.8 Å². The number of aromatic hydroxyl groups is 1. The summed E-state index contributed by atoms with van der Waals surface area (Å²) in [5.41, 5.74) is 0.247. The molecule has 1 rings (SSSR count). The Bertz CT molecular complexity index is 421. The Morgan fingerprint density at radius 3 is 2.79 bits per heavy atom. The summed E-state index contributed by atoms with van der Waals surface area (Å²) in [6.45, 7) is 2.48. The molecule has 106 valence electrons. The Morgan fingerprint density at radius 2 is 2.21 bits per heavy atom. The summed E-state index contributed by atoms with van der Waals surface area (Å²) in [6.07, 6.45) is 0.440. The van der Waals surface area contributed by atoms with E-state index in [4.69, 9.17) is 9.84 Å². The fourth-order valence-corrected chi connectivity index (χ4v) is 1.70. The van der Waals surface area contributed by atoms with Crippen LogP contribution in [-0.4, -0.2) is 41.0 Å². The number of phenolic OH excluding ortho intramolecular Hbond substituents is 1. The van der Waals surface area contributed by atoms with Gasteiger partial charge in [-0.2, -0.15) is 0 Å². The number of rotatable bonds is 8. The van der Waals surface area contributed by atoms with Crippen LogP contribution in [0.5, 0.6) is 11.5 Å².